The molecule has 0 bridgehead atoms. The van der Waals surface area contributed by atoms with E-state index in [0.29, 0.717) is 35.7 Å². The van der Waals surface area contributed by atoms with Gasteiger partial charge in [-0.2, -0.15) is 5.26 Å². The number of nitriles is 1. The van der Waals surface area contributed by atoms with E-state index in [2.05, 4.69) is 10.3 Å². The number of urea groups is 1. The molecule has 1 aromatic carbocycles. The molecule has 2 fully saturated rings. The first-order chi connectivity index (χ1) is 16.4. The van der Waals surface area contributed by atoms with Crippen LogP contribution in [0.1, 0.15) is 56.2 Å². The van der Waals surface area contributed by atoms with Crippen LogP contribution in [-0.2, 0) is 9.59 Å². The number of nitrogens with zero attached hydrogens (tertiary/aromatic N) is 3. The van der Waals surface area contributed by atoms with E-state index in [9.17, 15) is 14.4 Å². The average molecular weight is 475 g/mol. The molecular formula is C27H30N4O4. The minimum absolute atomic E-state index is 0.136. The highest BCUT2D eigenvalue weighted by Gasteiger charge is 2.54. The van der Waals surface area contributed by atoms with Gasteiger partial charge in [-0.25, -0.2) is 4.79 Å². The fraction of sp³-hybridized carbons (Fsp3) is 0.444. The summed E-state index contributed by atoms with van der Waals surface area (Å²) in [6.45, 7) is 8.40. The number of hydrogen-bond donors (Lipinski definition) is 1. The number of ether oxygens (including phenoxy) is 1. The molecule has 182 valence electrons. The van der Waals surface area contributed by atoms with E-state index in [4.69, 9.17) is 10.00 Å². The lowest BCUT2D eigenvalue weighted by atomic mass is 9.63. The summed E-state index contributed by atoms with van der Waals surface area (Å²) in [5, 5.41) is 11.9. The molecule has 1 aliphatic heterocycles. The van der Waals surface area contributed by atoms with E-state index in [-0.39, 0.29) is 36.0 Å². The number of aryl methyl sites for hydroxylation is 1. The Balaban J connectivity index is 1.55. The minimum atomic E-state index is -0.879. The van der Waals surface area contributed by atoms with Gasteiger partial charge in [0.15, 0.2) is 0 Å². The van der Waals surface area contributed by atoms with Gasteiger partial charge in [0.2, 0.25) is 0 Å². The quantitative estimate of drug-likeness (QED) is 0.678. The van der Waals surface area contributed by atoms with Crippen LogP contribution in [0.3, 0.4) is 0 Å². The van der Waals surface area contributed by atoms with Gasteiger partial charge in [-0.3, -0.25) is 14.6 Å². The van der Waals surface area contributed by atoms with Crippen LogP contribution < -0.4 is 10.1 Å². The first-order valence-electron chi connectivity index (χ1n) is 11.6. The van der Waals surface area contributed by atoms with Crippen LogP contribution in [0.25, 0.3) is 11.3 Å². The van der Waals surface area contributed by atoms with Gasteiger partial charge in [0.25, 0.3) is 0 Å². The number of likely N-dealkylation sites (tertiary alicyclic amines) is 1. The van der Waals surface area contributed by atoms with E-state index in [1.165, 1.54) is 13.3 Å². The summed E-state index contributed by atoms with van der Waals surface area (Å²) in [7, 11) is 1.52. The van der Waals surface area contributed by atoms with Crippen molar-refractivity contribution in [3.8, 4) is 23.1 Å². The molecule has 1 spiro atoms. The van der Waals surface area contributed by atoms with Gasteiger partial charge in [0.05, 0.1) is 18.4 Å². The zero-order valence-corrected chi connectivity index (χ0v) is 20.8. The number of methoxy groups -OCH3 is 1. The number of carbonyl (C=O) groups is 3. The number of Topliss-reactive ketones (excluding diaryl/α,β-unsaturated/α-hetero) is 2. The van der Waals surface area contributed by atoms with Gasteiger partial charge in [0.1, 0.15) is 29.3 Å². The van der Waals surface area contributed by atoms with Crippen molar-refractivity contribution in [3.05, 3.63) is 47.2 Å². The monoisotopic (exact) mass is 474 g/mol. The highest BCUT2D eigenvalue weighted by molar-refractivity contribution is 6.11. The third kappa shape index (κ3) is 4.76. The predicted molar refractivity (Wildman–Crippen MR) is 130 cm³/mol. The van der Waals surface area contributed by atoms with Crippen molar-refractivity contribution in [3.63, 3.8) is 0 Å². The Kier molecular flexibility index (Phi) is 6.14. The molecule has 1 saturated carbocycles. The van der Waals surface area contributed by atoms with Crippen molar-refractivity contribution in [2.75, 3.05) is 20.2 Å². The molecule has 8 heteroatoms. The molecule has 2 aromatic rings. The van der Waals surface area contributed by atoms with Crippen molar-refractivity contribution in [1.82, 2.24) is 15.2 Å². The molecule has 8 nitrogen and oxygen atoms in total. The maximum absolute atomic E-state index is 13.3. The van der Waals surface area contributed by atoms with Crippen molar-refractivity contribution < 1.29 is 19.1 Å². The van der Waals surface area contributed by atoms with E-state index < -0.39 is 11.3 Å². The predicted octanol–water partition coefficient (Wildman–Crippen LogP) is 3.76. The van der Waals surface area contributed by atoms with Crippen molar-refractivity contribution in [2.24, 2.45) is 5.41 Å². The van der Waals surface area contributed by atoms with E-state index >= 15 is 0 Å². The molecule has 35 heavy (non-hydrogen) atoms. The van der Waals surface area contributed by atoms with Gasteiger partial charge in [-0.15, -0.1) is 0 Å². The second-order valence-corrected chi connectivity index (χ2v) is 10.7. The summed E-state index contributed by atoms with van der Waals surface area (Å²) >= 11 is 0. The van der Waals surface area contributed by atoms with Gasteiger partial charge in [-0.1, -0.05) is 0 Å². The topological polar surface area (TPSA) is 112 Å². The lowest BCUT2D eigenvalue weighted by Gasteiger charge is -2.52. The summed E-state index contributed by atoms with van der Waals surface area (Å²) in [5.74, 6) is -0.685. The molecule has 2 heterocycles. The van der Waals surface area contributed by atoms with Crippen LogP contribution in [-0.4, -0.2) is 53.2 Å². The largest absolute Gasteiger partial charge is 0.496 e. The number of hydrogen-bond acceptors (Lipinski definition) is 6. The molecule has 1 N–H and O–H groups in total. The Bertz CT molecular complexity index is 1210. The number of rotatable bonds is 3. The van der Waals surface area contributed by atoms with E-state index in [1.807, 2.05) is 39.8 Å². The number of amides is 2. The van der Waals surface area contributed by atoms with E-state index in [0.717, 1.165) is 11.1 Å². The van der Waals surface area contributed by atoms with Gasteiger partial charge in [-0.05, 0) is 57.5 Å². The molecule has 0 atom stereocenters. The van der Waals surface area contributed by atoms with Crippen molar-refractivity contribution >= 4 is 17.6 Å². The number of pyridine rings is 1. The van der Waals surface area contributed by atoms with Crippen LogP contribution in [0.5, 0.6) is 5.75 Å². The Morgan fingerprint density at radius 2 is 1.86 bits per heavy atom. The third-order valence-electron chi connectivity index (χ3n) is 6.61. The molecule has 2 amide bonds. The summed E-state index contributed by atoms with van der Waals surface area (Å²) < 4.78 is 5.62. The van der Waals surface area contributed by atoms with Crippen LogP contribution in [0.4, 0.5) is 4.79 Å². The fourth-order valence-corrected chi connectivity index (χ4v) is 5.12. The molecule has 2 aliphatic rings. The lowest BCUT2D eigenvalue weighted by Crippen LogP contribution is -2.65. The highest BCUT2D eigenvalue weighted by atomic mass is 16.5. The zero-order chi connectivity index (χ0) is 25.5. The number of aromatic nitrogens is 1. The summed E-state index contributed by atoms with van der Waals surface area (Å²) in [4.78, 5) is 45.1. The SMILES string of the molecule is COc1cc(-c2ccc(C#N)cn2)cc(C)c1C1C(=O)CC2(CC1=O)CN(C(=O)NC(C)(C)C)C2. The normalized spacial score (nSPS) is 17.7. The molecule has 1 aliphatic carbocycles. The second-order valence-electron chi connectivity index (χ2n) is 10.7. The second kappa shape index (κ2) is 8.81. The first kappa shape index (κ1) is 24.4. The Morgan fingerprint density at radius 1 is 1.20 bits per heavy atom. The zero-order valence-electron chi connectivity index (χ0n) is 20.8. The Hall–Kier alpha value is -3.73. The summed E-state index contributed by atoms with van der Waals surface area (Å²) in [5.41, 5.74) is 2.44. The molecule has 0 unspecified atom stereocenters. The average Bonchev–Trinajstić information content (AvgIpc) is 2.76. The van der Waals surface area contributed by atoms with Crippen LogP contribution in [0.2, 0.25) is 0 Å². The molecule has 4 rings (SSSR count). The summed E-state index contributed by atoms with van der Waals surface area (Å²) in [6.07, 6.45) is 2.01. The smallest absolute Gasteiger partial charge is 0.317 e. The number of carbonyl (C=O) groups excluding carboxylic acids is 3. The maximum atomic E-state index is 13.3. The fourth-order valence-electron chi connectivity index (χ4n) is 5.12. The third-order valence-corrected chi connectivity index (χ3v) is 6.61. The van der Waals surface area contributed by atoms with E-state index in [1.54, 1.807) is 23.1 Å². The molecule has 1 saturated heterocycles. The van der Waals surface area contributed by atoms with Crippen LogP contribution in [0, 0.1) is 23.7 Å². The highest BCUT2D eigenvalue weighted by Crippen LogP contribution is 2.47. The Morgan fingerprint density at radius 3 is 2.37 bits per heavy atom. The molecular weight excluding hydrogens is 444 g/mol. The van der Waals surface area contributed by atoms with Gasteiger partial charge >= 0.3 is 6.03 Å². The number of ketones is 2. The standard InChI is InChI=1S/C27H30N4O4/c1-16-8-18(19-7-6-17(12-28)13-29-19)9-22(35-5)23(16)24-20(32)10-27(11-21(24)33)14-31(15-27)25(34)30-26(2,3)4/h6-9,13,24H,10-11,14-15H2,1-5H3,(H,30,34). The van der Waals surface area contributed by atoms with Crippen molar-refractivity contribution in [1.29, 1.82) is 5.26 Å². The van der Waals surface area contributed by atoms with Crippen LogP contribution >= 0.6 is 0 Å². The molecule has 1 aromatic heterocycles. The number of benzene rings is 1. The maximum Gasteiger partial charge on any atom is 0.317 e. The van der Waals surface area contributed by atoms with Crippen LogP contribution in [0.15, 0.2) is 30.5 Å². The molecule has 0 radical (unpaired) electrons. The Labute approximate surface area is 205 Å². The van der Waals surface area contributed by atoms with Gasteiger partial charge in [0, 0.05) is 54.2 Å². The lowest BCUT2D eigenvalue weighted by molar-refractivity contribution is -0.141. The summed E-state index contributed by atoms with van der Waals surface area (Å²) in [6, 6.07) is 8.99. The first-order valence-corrected chi connectivity index (χ1v) is 11.6. The van der Waals surface area contributed by atoms with Crippen molar-refractivity contribution in [2.45, 2.75) is 52.0 Å². The van der Waals surface area contributed by atoms with Gasteiger partial charge < -0.3 is 15.0 Å². The minimum Gasteiger partial charge on any atom is -0.496 e. The number of nitrogens with one attached hydrogen (secondary N) is 1.